The molecule has 3 nitrogen and oxygen atoms in total. The van der Waals surface area contributed by atoms with Gasteiger partial charge in [0.15, 0.2) is 0 Å². The maximum absolute atomic E-state index is 4.00. The summed E-state index contributed by atoms with van der Waals surface area (Å²) >= 11 is 0. The van der Waals surface area contributed by atoms with Crippen LogP contribution in [0.25, 0.3) is 0 Å². The fourth-order valence-electron chi connectivity index (χ4n) is 1.60. The van der Waals surface area contributed by atoms with Crippen LogP contribution in [0.4, 0.5) is 11.4 Å². The van der Waals surface area contributed by atoms with Crippen molar-refractivity contribution in [3.63, 3.8) is 0 Å². The van der Waals surface area contributed by atoms with Gasteiger partial charge >= 0.3 is 0 Å². The number of benzene rings is 1. The van der Waals surface area contributed by atoms with E-state index < -0.39 is 0 Å². The summed E-state index contributed by atoms with van der Waals surface area (Å²) in [6, 6.07) is 12.4. The zero-order valence-corrected chi connectivity index (χ0v) is 10.2. The van der Waals surface area contributed by atoms with Crippen molar-refractivity contribution in [2.45, 2.75) is 6.54 Å². The van der Waals surface area contributed by atoms with Crippen molar-refractivity contribution in [2.24, 2.45) is 0 Å². The van der Waals surface area contributed by atoms with Crippen molar-refractivity contribution in [1.82, 2.24) is 4.98 Å². The van der Waals surface area contributed by atoms with Crippen molar-refractivity contribution < 1.29 is 0 Å². The third-order valence-corrected chi connectivity index (χ3v) is 2.61. The average molecular weight is 227 g/mol. The van der Waals surface area contributed by atoms with Crippen molar-refractivity contribution >= 4 is 11.4 Å². The predicted octanol–water partition coefficient (Wildman–Crippen LogP) is 2.76. The second-order valence-corrected chi connectivity index (χ2v) is 4.15. The molecule has 1 heterocycles. The Balaban J connectivity index is 2.02. The molecule has 88 valence electrons. The molecule has 3 heteroatoms. The number of hydrogen-bond donors (Lipinski definition) is 1. The van der Waals surface area contributed by atoms with Gasteiger partial charge in [-0.1, -0.05) is 6.07 Å². The fraction of sp³-hybridized carbons (Fsp3) is 0.214. The summed E-state index contributed by atoms with van der Waals surface area (Å²) in [5, 5.41) is 3.40. The maximum atomic E-state index is 4.00. The van der Waals surface area contributed by atoms with Gasteiger partial charge in [-0.3, -0.25) is 4.98 Å². The van der Waals surface area contributed by atoms with Crippen LogP contribution in [0.2, 0.25) is 0 Å². The molecule has 2 aromatic rings. The zero-order valence-electron chi connectivity index (χ0n) is 10.2. The van der Waals surface area contributed by atoms with E-state index in [1.807, 2.05) is 38.6 Å². The smallest absolute Gasteiger partial charge is 0.0401 e. The lowest BCUT2D eigenvalue weighted by Gasteiger charge is -2.14. The minimum Gasteiger partial charge on any atom is -0.381 e. The lowest BCUT2D eigenvalue weighted by molar-refractivity contribution is 1.11. The molecule has 17 heavy (non-hydrogen) atoms. The molecule has 0 amide bonds. The van der Waals surface area contributed by atoms with Crippen molar-refractivity contribution in [3.8, 4) is 0 Å². The van der Waals surface area contributed by atoms with Crippen LogP contribution < -0.4 is 10.2 Å². The van der Waals surface area contributed by atoms with Gasteiger partial charge in [0, 0.05) is 44.4 Å². The van der Waals surface area contributed by atoms with Crippen LogP contribution in [0.3, 0.4) is 0 Å². The first-order valence-corrected chi connectivity index (χ1v) is 5.66. The van der Waals surface area contributed by atoms with E-state index in [2.05, 4.69) is 39.5 Å². The highest BCUT2D eigenvalue weighted by atomic mass is 15.1. The SMILES string of the molecule is CN(C)c1cccc(NCc2ccncc2)c1. The predicted molar refractivity (Wildman–Crippen MR) is 72.3 cm³/mol. The molecule has 0 spiro atoms. The Morgan fingerprint density at radius 1 is 1.12 bits per heavy atom. The Labute approximate surface area is 102 Å². The molecule has 1 N–H and O–H groups in total. The van der Waals surface area contributed by atoms with Crippen LogP contribution >= 0.6 is 0 Å². The Morgan fingerprint density at radius 3 is 2.59 bits per heavy atom. The zero-order chi connectivity index (χ0) is 12.1. The number of nitrogens with zero attached hydrogens (tertiary/aromatic N) is 2. The minimum absolute atomic E-state index is 0.819. The minimum atomic E-state index is 0.819. The summed E-state index contributed by atoms with van der Waals surface area (Å²) in [5.41, 5.74) is 3.56. The molecule has 0 bridgehead atoms. The number of pyridine rings is 1. The number of anilines is 2. The first-order chi connectivity index (χ1) is 8.25. The molecule has 2 rings (SSSR count). The normalized spacial score (nSPS) is 10.0. The number of hydrogen-bond acceptors (Lipinski definition) is 3. The summed E-state index contributed by atoms with van der Waals surface area (Å²) in [5.74, 6) is 0. The molecule has 0 aliphatic heterocycles. The van der Waals surface area contributed by atoms with Crippen LogP contribution in [0.5, 0.6) is 0 Å². The van der Waals surface area contributed by atoms with Gasteiger partial charge < -0.3 is 10.2 Å². The molecule has 0 aliphatic carbocycles. The highest BCUT2D eigenvalue weighted by molar-refractivity contribution is 5.57. The van der Waals surface area contributed by atoms with Crippen molar-refractivity contribution in [3.05, 3.63) is 54.4 Å². The highest BCUT2D eigenvalue weighted by Crippen LogP contribution is 2.17. The Hall–Kier alpha value is -2.03. The molecular formula is C14H17N3. The standard InChI is InChI=1S/C14H17N3/c1-17(2)14-5-3-4-13(10-14)16-11-12-6-8-15-9-7-12/h3-10,16H,11H2,1-2H3. The van der Waals surface area contributed by atoms with Crippen LogP contribution in [-0.4, -0.2) is 19.1 Å². The topological polar surface area (TPSA) is 28.2 Å². The second kappa shape index (κ2) is 5.34. The Morgan fingerprint density at radius 2 is 1.88 bits per heavy atom. The monoisotopic (exact) mass is 227 g/mol. The first-order valence-electron chi connectivity index (χ1n) is 5.66. The van der Waals surface area contributed by atoms with Gasteiger partial charge in [-0.15, -0.1) is 0 Å². The van der Waals surface area contributed by atoms with Gasteiger partial charge in [0.25, 0.3) is 0 Å². The molecule has 0 aliphatic rings. The molecule has 0 unspecified atom stereocenters. The van der Waals surface area contributed by atoms with E-state index in [1.165, 1.54) is 11.3 Å². The Kier molecular flexibility index (Phi) is 3.60. The van der Waals surface area contributed by atoms with Crippen molar-refractivity contribution in [2.75, 3.05) is 24.3 Å². The quantitative estimate of drug-likeness (QED) is 0.870. The third kappa shape index (κ3) is 3.21. The van der Waals surface area contributed by atoms with Gasteiger partial charge in [0.05, 0.1) is 0 Å². The van der Waals surface area contributed by atoms with Crippen LogP contribution in [0, 0.1) is 0 Å². The molecule has 1 aromatic heterocycles. The Bertz CT molecular complexity index is 466. The summed E-state index contributed by atoms with van der Waals surface area (Å²) in [7, 11) is 4.09. The van der Waals surface area contributed by atoms with E-state index in [0.29, 0.717) is 0 Å². The molecular weight excluding hydrogens is 210 g/mol. The molecule has 0 saturated carbocycles. The van der Waals surface area contributed by atoms with Gasteiger partial charge in [-0.25, -0.2) is 0 Å². The van der Waals surface area contributed by atoms with Gasteiger partial charge in [0.2, 0.25) is 0 Å². The molecule has 0 saturated heterocycles. The molecule has 1 aromatic carbocycles. The van der Waals surface area contributed by atoms with Crippen LogP contribution in [-0.2, 0) is 6.54 Å². The van der Waals surface area contributed by atoms with Gasteiger partial charge in [0.1, 0.15) is 0 Å². The van der Waals surface area contributed by atoms with Gasteiger partial charge in [-0.05, 0) is 35.9 Å². The molecule has 0 atom stereocenters. The summed E-state index contributed by atoms with van der Waals surface area (Å²) in [6.45, 7) is 0.819. The lowest BCUT2D eigenvalue weighted by atomic mass is 10.2. The largest absolute Gasteiger partial charge is 0.381 e. The highest BCUT2D eigenvalue weighted by Gasteiger charge is 1.97. The second-order valence-electron chi connectivity index (χ2n) is 4.15. The number of aromatic nitrogens is 1. The lowest BCUT2D eigenvalue weighted by Crippen LogP contribution is -2.09. The fourth-order valence-corrected chi connectivity index (χ4v) is 1.60. The van der Waals surface area contributed by atoms with Crippen molar-refractivity contribution in [1.29, 1.82) is 0 Å². The maximum Gasteiger partial charge on any atom is 0.0401 e. The summed E-state index contributed by atoms with van der Waals surface area (Å²) in [4.78, 5) is 6.10. The molecule has 0 radical (unpaired) electrons. The van der Waals surface area contributed by atoms with E-state index in [0.717, 1.165) is 12.2 Å². The van der Waals surface area contributed by atoms with Crippen LogP contribution in [0.15, 0.2) is 48.8 Å². The van der Waals surface area contributed by atoms with Crippen LogP contribution in [0.1, 0.15) is 5.56 Å². The first kappa shape index (κ1) is 11.5. The van der Waals surface area contributed by atoms with E-state index >= 15 is 0 Å². The van der Waals surface area contributed by atoms with E-state index in [1.54, 1.807) is 0 Å². The number of nitrogens with one attached hydrogen (secondary N) is 1. The van der Waals surface area contributed by atoms with E-state index in [4.69, 9.17) is 0 Å². The van der Waals surface area contributed by atoms with Gasteiger partial charge in [-0.2, -0.15) is 0 Å². The number of rotatable bonds is 4. The molecule has 0 fully saturated rings. The third-order valence-electron chi connectivity index (χ3n) is 2.61. The average Bonchev–Trinajstić information content (AvgIpc) is 2.38. The summed E-state index contributed by atoms with van der Waals surface area (Å²) < 4.78 is 0. The van der Waals surface area contributed by atoms with E-state index in [-0.39, 0.29) is 0 Å². The summed E-state index contributed by atoms with van der Waals surface area (Å²) in [6.07, 6.45) is 3.63. The van der Waals surface area contributed by atoms with E-state index in [9.17, 15) is 0 Å².